The van der Waals surface area contributed by atoms with Crippen LogP contribution in [-0.2, 0) is 5.41 Å². The van der Waals surface area contributed by atoms with Crippen molar-refractivity contribution in [3.63, 3.8) is 0 Å². The SMILES string of the molecule is C=C/C=C1\C(=C\C(C)/C=C(\C=C/C)c2ccc(C(/C=C\C)=C/C)cc2)C(C)(C)c2cc(-c3ccc4ccccc4c3)ccc21. The molecule has 0 spiro atoms. The Bertz CT molecular complexity index is 1860. The Morgan fingerprint density at radius 3 is 2.00 bits per heavy atom. The molecule has 0 heterocycles. The smallest absolute Gasteiger partial charge is 0.0156 e. The quantitative estimate of drug-likeness (QED) is 0.184. The predicted octanol–water partition coefficient (Wildman–Crippen LogP) is 12.6. The van der Waals surface area contributed by atoms with Gasteiger partial charge in [0.1, 0.15) is 0 Å². The predicted molar refractivity (Wildman–Crippen MR) is 196 cm³/mol. The first-order valence-corrected chi connectivity index (χ1v) is 15.7. The van der Waals surface area contributed by atoms with Crippen molar-refractivity contribution in [2.24, 2.45) is 5.92 Å². The van der Waals surface area contributed by atoms with Gasteiger partial charge in [-0.3, -0.25) is 0 Å². The van der Waals surface area contributed by atoms with Crippen LogP contribution in [0.3, 0.4) is 0 Å². The molecule has 0 saturated carbocycles. The van der Waals surface area contributed by atoms with Crippen molar-refractivity contribution in [3.05, 3.63) is 174 Å². The van der Waals surface area contributed by atoms with Crippen LogP contribution in [0.15, 0.2) is 152 Å². The molecule has 220 valence electrons. The molecule has 0 saturated heterocycles. The Morgan fingerprint density at radius 1 is 0.727 bits per heavy atom. The van der Waals surface area contributed by atoms with Gasteiger partial charge in [0.05, 0.1) is 0 Å². The number of rotatable bonds is 8. The van der Waals surface area contributed by atoms with Crippen molar-refractivity contribution in [1.29, 1.82) is 0 Å². The number of hydrogen-bond acceptors (Lipinski definition) is 0. The van der Waals surface area contributed by atoms with E-state index in [0.717, 1.165) is 0 Å². The molecule has 4 aromatic carbocycles. The maximum Gasteiger partial charge on any atom is 0.0156 e. The van der Waals surface area contributed by atoms with Gasteiger partial charge >= 0.3 is 0 Å². The topological polar surface area (TPSA) is 0 Å². The summed E-state index contributed by atoms with van der Waals surface area (Å²) in [5.41, 5.74) is 12.6. The van der Waals surface area contributed by atoms with Gasteiger partial charge in [0.25, 0.3) is 0 Å². The molecule has 0 bridgehead atoms. The highest BCUT2D eigenvalue weighted by atomic mass is 14.4. The minimum atomic E-state index is -0.142. The standard InChI is InChI=1S/C44H44/c1-8-14-32(11-4)34-19-21-35(22-20-34)36(15-9-2)27-31(5)28-42-40(16-10-3)41-26-25-39(30-43(41)44(42,6)7)38-24-23-33-17-12-13-18-37(33)29-38/h8-31H,3H2,1-2,4-7H3/b14-8-,15-9-,32-11+,36-27+,40-16-,42-28-. The van der Waals surface area contributed by atoms with Crippen molar-refractivity contribution in [2.45, 2.75) is 47.0 Å². The molecule has 0 amide bonds. The molecule has 0 radical (unpaired) electrons. The molecule has 44 heavy (non-hydrogen) atoms. The molecule has 0 aromatic heterocycles. The van der Waals surface area contributed by atoms with Crippen LogP contribution < -0.4 is 0 Å². The van der Waals surface area contributed by atoms with Crippen LogP contribution in [0.1, 0.15) is 63.8 Å². The molecule has 0 aliphatic heterocycles. The molecular weight excluding hydrogens is 528 g/mol. The van der Waals surface area contributed by atoms with Crippen molar-refractivity contribution in [1.82, 2.24) is 0 Å². The Kier molecular flexibility index (Phi) is 9.31. The van der Waals surface area contributed by atoms with E-state index in [0.29, 0.717) is 0 Å². The third-order valence-corrected chi connectivity index (χ3v) is 8.74. The Labute approximate surface area is 264 Å². The lowest BCUT2D eigenvalue weighted by Crippen LogP contribution is -2.16. The molecular formula is C44H44. The van der Waals surface area contributed by atoms with Crippen molar-refractivity contribution in [2.75, 3.05) is 0 Å². The van der Waals surface area contributed by atoms with E-state index < -0.39 is 0 Å². The normalized spacial score (nSPS) is 17.7. The Hall–Kier alpha value is -4.68. The van der Waals surface area contributed by atoms with E-state index in [1.54, 1.807) is 0 Å². The highest BCUT2D eigenvalue weighted by Gasteiger charge is 2.38. The van der Waals surface area contributed by atoms with Crippen LogP contribution >= 0.6 is 0 Å². The summed E-state index contributed by atoms with van der Waals surface area (Å²) >= 11 is 0. The first-order chi connectivity index (χ1) is 21.3. The zero-order valence-electron chi connectivity index (χ0n) is 27.1. The molecule has 5 rings (SSSR count). The van der Waals surface area contributed by atoms with E-state index in [-0.39, 0.29) is 11.3 Å². The molecule has 0 N–H and O–H groups in total. The lowest BCUT2D eigenvalue weighted by atomic mass is 9.80. The third-order valence-electron chi connectivity index (χ3n) is 8.74. The van der Waals surface area contributed by atoms with Crippen LogP contribution in [0, 0.1) is 5.92 Å². The van der Waals surface area contributed by atoms with Gasteiger partial charge in [0, 0.05) is 5.41 Å². The average Bonchev–Trinajstić information content (AvgIpc) is 3.24. The largest absolute Gasteiger partial charge is 0.0990 e. The minimum absolute atomic E-state index is 0.142. The lowest BCUT2D eigenvalue weighted by Gasteiger charge is -2.24. The molecule has 1 atom stereocenters. The minimum Gasteiger partial charge on any atom is -0.0990 e. The van der Waals surface area contributed by atoms with E-state index >= 15 is 0 Å². The average molecular weight is 573 g/mol. The summed E-state index contributed by atoms with van der Waals surface area (Å²) in [6, 6.07) is 31.2. The third kappa shape index (κ3) is 6.17. The molecule has 1 aliphatic rings. The van der Waals surface area contributed by atoms with Crippen molar-refractivity contribution in [3.8, 4) is 11.1 Å². The van der Waals surface area contributed by atoms with Gasteiger partial charge < -0.3 is 0 Å². The zero-order valence-corrected chi connectivity index (χ0v) is 27.1. The highest BCUT2D eigenvalue weighted by Crippen LogP contribution is 2.51. The van der Waals surface area contributed by atoms with Gasteiger partial charge in [0.15, 0.2) is 0 Å². The van der Waals surface area contributed by atoms with Crippen LogP contribution in [0.2, 0.25) is 0 Å². The van der Waals surface area contributed by atoms with Gasteiger partial charge in [-0.05, 0) is 105 Å². The second-order valence-corrected chi connectivity index (χ2v) is 12.1. The second-order valence-electron chi connectivity index (χ2n) is 12.1. The Balaban J connectivity index is 1.51. The van der Waals surface area contributed by atoms with Gasteiger partial charge in [-0.15, -0.1) is 0 Å². The summed E-state index contributed by atoms with van der Waals surface area (Å²) in [6.45, 7) is 17.3. The van der Waals surface area contributed by atoms with Crippen LogP contribution in [-0.4, -0.2) is 0 Å². The van der Waals surface area contributed by atoms with Gasteiger partial charge in [-0.1, -0.05) is 155 Å². The fourth-order valence-electron chi connectivity index (χ4n) is 6.48. The van der Waals surface area contributed by atoms with E-state index in [1.807, 2.05) is 6.08 Å². The fourth-order valence-corrected chi connectivity index (χ4v) is 6.48. The van der Waals surface area contributed by atoms with E-state index in [9.17, 15) is 0 Å². The van der Waals surface area contributed by atoms with E-state index in [2.05, 4.69) is 182 Å². The van der Waals surface area contributed by atoms with E-state index in [4.69, 9.17) is 0 Å². The van der Waals surface area contributed by atoms with Gasteiger partial charge in [-0.25, -0.2) is 0 Å². The summed E-state index contributed by atoms with van der Waals surface area (Å²) < 4.78 is 0. The fraction of sp³-hybridized carbons (Fsp3) is 0.182. The molecule has 1 aliphatic carbocycles. The van der Waals surface area contributed by atoms with Crippen molar-refractivity contribution >= 4 is 27.5 Å². The first kappa shape index (κ1) is 30.8. The number of fused-ring (bicyclic) bond motifs is 2. The molecule has 0 heteroatoms. The van der Waals surface area contributed by atoms with Crippen molar-refractivity contribution < 1.29 is 0 Å². The molecule has 0 nitrogen and oxygen atoms in total. The maximum absolute atomic E-state index is 4.07. The summed E-state index contributed by atoms with van der Waals surface area (Å²) in [5, 5.41) is 2.54. The summed E-state index contributed by atoms with van der Waals surface area (Å²) in [7, 11) is 0. The van der Waals surface area contributed by atoms with Crippen LogP contribution in [0.5, 0.6) is 0 Å². The first-order valence-electron chi connectivity index (χ1n) is 15.7. The summed E-state index contributed by atoms with van der Waals surface area (Å²) in [6.07, 6.45) is 19.7. The molecule has 1 unspecified atom stereocenters. The second kappa shape index (κ2) is 13.3. The van der Waals surface area contributed by atoms with Crippen LogP contribution in [0.4, 0.5) is 0 Å². The number of allylic oxidation sites excluding steroid dienone is 13. The number of hydrogen-bond donors (Lipinski definition) is 0. The Morgan fingerprint density at radius 2 is 1.34 bits per heavy atom. The van der Waals surface area contributed by atoms with E-state index in [1.165, 1.54) is 66.4 Å². The van der Waals surface area contributed by atoms with Gasteiger partial charge in [0.2, 0.25) is 0 Å². The molecule has 0 fully saturated rings. The molecule has 4 aromatic rings. The van der Waals surface area contributed by atoms with Crippen LogP contribution in [0.25, 0.3) is 38.6 Å². The van der Waals surface area contributed by atoms with Gasteiger partial charge in [-0.2, -0.15) is 0 Å². The number of benzene rings is 4. The maximum atomic E-state index is 4.07. The highest BCUT2D eigenvalue weighted by molar-refractivity contribution is 5.93. The zero-order chi connectivity index (χ0) is 31.3. The monoisotopic (exact) mass is 572 g/mol. The summed E-state index contributed by atoms with van der Waals surface area (Å²) in [5.74, 6) is 0.228. The lowest BCUT2D eigenvalue weighted by molar-refractivity contribution is 0.653. The summed E-state index contributed by atoms with van der Waals surface area (Å²) in [4.78, 5) is 0.